The smallest absolute Gasteiger partial charge is 0.191 e. The molecule has 6 heteroatoms. The van der Waals surface area contributed by atoms with Crippen LogP contribution in [0.25, 0.3) is 0 Å². The minimum atomic E-state index is 0. The molecule has 0 saturated carbocycles. The fourth-order valence-corrected chi connectivity index (χ4v) is 2.84. The van der Waals surface area contributed by atoms with Crippen LogP contribution in [0, 0.1) is 0 Å². The van der Waals surface area contributed by atoms with Gasteiger partial charge in [0.1, 0.15) is 0 Å². The topological polar surface area (TPSA) is 54.2 Å². The highest BCUT2D eigenvalue weighted by Crippen LogP contribution is 2.10. The van der Waals surface area contributed by atoms with E-state index in [4.69, 9.17) is 4.99 Å². The van der Waals surface area contributed by atoms with Gasteiger partial charge in [0.2, 0.25) is 0 Å². The molecule has 0 amide bonds. The molecule has 0 spiro atoms. The van der Waals surface area contributed by atoms with Crippen LogP contribution in [0.4, 0.5) is 0 Å². The zero-order chi connectivity index (χ0) is 16.6. The number of aliphatic imine (C=N–C) groups is 1. The lowest BCUT2D eigenvalue weighted by Gasteiger charge is -2.16. The van der Waals surface area contributed by atoms with Gasteiger partial charge in [-0.3, -0.25) is 0 Å². The number of hydrogen-bond acceptors (Lipinski definition) is 2. The van der Waals surface area contributed by atoms with Crippen molar-refractivity contribution in [3.8, 4) is 0 Å². The molecule has 0 unspecified atom stereocenters. The molecule has 1 aromatic heterocycles. The van der Waals surface area contributed by atoms with Gasteiger partial charge >= 0.3 is 0 Å². The number of benzene rings is 1. The summed E-state index contributed by atoms with van der Waals surface area (Å²) in [4.78, 5) is 8.82. The monoisotopic (exact) mass is 451 g/mol. The number of guanidine groups is 1. The summed E-state index contributed by atoms with van der Waals surface area (Å²) in [5.41, 5.74) is 2.48. The Bertz CT molecular complexity index is 686. The van der Waals surface area contributed by atoms with Crippen molar-refractivity contribution in [1.29, 1.82) is 0 Å². The van der Waals surface area contributed by atoms with Crippen molar-refractivity contribution in [1.82, 2.24) is 20.2 Å². The van der Waals surface area contributed by atoms with E-state index in [0.717, 1.165) is 31.9 Å². The largest absolute Gasteiger partial charge is 0.357 e. The van der Waals surface area contributed by atoms with E-state index in [1.54, 1.807) is 6.20 Å². The first-order valence-electron chi connectivity index (χ1n) is 8.57. The highest BCUT2D eigenvalue weighted by molar-refractivity contribution is 14.0. The molecule has 1 heterocycles. The molecular weight excluding hydrogens is 425 g/mol. The minimum absolute atomic E-state index is 0. The zero-order valence-electron chi connectivity index (χ0n) is 14.6. The maximum absolute atomic E-state index is 4.73. The Kier molecular flexibility index (Phi) is 7.97. The molecule has 0 saturated heterocycles. The van der Waals surface area contributed by atoms with Crippen LogP contribution in [0.3, 0.4) is 0 Å². The van der Waals surface area contributed by atoms with E-state index in [1.807, 2.05) is 12.5 Å². The lowest BCUT2D eigenvalue weighted by molar-refractivity contribution is 0.633. The van der Waals surface area contributed by atoms with E-state index in [0.29, 0.717) is 12.6 Å². The summed E-state index contributed by atoms with van der Waals surface area (Å²) in [5.74, 6) is 0.895. The molecule has 0 atom stereocenters. The molecule has 5 nitrogen and oxygen atoms in total. The fourth-order valence-electron chi connectivity index (χ4n) is 2.84. The maximum atomic E-state index is 4.73. The van der Waals surface area contributed by atoms with Gasteiger partial charge in [-0.25, -0.2) is 9.98 Å². The normalized spacial score (nSPS) is 14.4. The van der Waals surface area contributed by atoms with E-state index in [-0.39, 0.29) is 24.0 Å². The van der Waals surface area contributed by atoms with Gasteiger partial charge in [-0.15, -0.1) is 24.0 Å². The summed E-state index contributed by atoms with van der Waals surface area (Å²) in [6, 6.07) is 9.04. The average molecular weight is 451 g/mol. The van der Waals surface area contributed by atoms with Crippen molar-refractivity contribution in [2.24, 2.45) is 4.99 Å². The standard InChI is InChI=1S/C19H25N5.HI/c1-2-21-19(23-18-8-3-4-9-18)22-13-16-6-5-7-17(12-16)14-24-11-10-20-15-24;/h3-7,10-12,15,18H,2,8-9,13-14H2,1H3,(H2,21,22,23);1H. The summed E-state index contributed by atoms with van der Waals surface area (Å²) in [7, 11) is 0. The Labute approximate surface area is 166 Å². The van der Waals surface area contributed by atoms with Crippen LogP contribution < -0.4 is 10.6 Å². The molecule has 134 valence electrons. The molecular formula is C19H26IN5. The molecule has 3 rings (SSSR count). The number of rotatable bonds is 6. The zero-order valence-corrected chi connectivity index (χ0v) is 16.9. The van der Waals surface area contributed by atoms with E-state index >= 15 is 0 Å². The Balaban J connectivity index is 0.00000225. The van der Waals surface area contributed by atoms with Crippen molar-refractivity contribution in [2.45, 2.75) is 38.9 Å². The van der Waals surface area contributed by atoms with Gasteiger partial charge < -0.3 is 15.2 Å². The van der Waals surface area contributed by atoms with Crippen molar-refractivity contribution in [2.75, 3.05) is 6.54 Å². The highest BCUT2D eigenvalue weighted by atomic mass is 127. The van der Waals surface area contributed by atoms with E-state index in [9.17, 15) is 0 Å². The van der Waals surface area contributed by atoms with E-state index < -0.39 is 0 Å². The van der Waals surface area contributed by atoms with Gasteiger partial charge in [-0.1, -0.05) is 36.4 Å². The molecule has 2 aromatic rings. The van der Waals surface area contributed by atoms with Gasteiger partial charge in [0.25, 0.3) is 0 Å². The SMILES string of the molecule is CCNC(=NCc1cccc(Cn2ccnc2)c1)NC1CC=CC1.I. The third kappa shape index (κ3) is 6.19. The van der Waals surface area contributed by atoms with Crippen LogP contribution in [-0.2, 0) is 13.1 Å². The molecule has 0 aliphatic heterocycles. The fraction of sp³-hybridized carbons (Fsp3) is 0.368. The highest BCUT2D eigenvalue weighted by Gasteiger charge is 2.11. The van der Waals surface area contributed by atoms with Crippen LogP contribution >= 0.6 is 24.0 Å². The summed E-state index contributed by atoms with van der Waals surface area (Å²) in [6.45, 7) is 4.47. The molecule has 0 fully saturated rings. The molecule has 1 aliphatic rings. The number of halogens is 1. The second-order valence-electron chi connectivity index (χ2n) is 6.03. The first-order chi connectivity index (χ1) is 11.8. The van der Waals surface area contributed by atoms with Crippen LogP contribution in [0.1, 0.15) is 30.9 Å². The predicted octanol–water partition coefficient (Wildman–Crippen LogP) is 3.32. The molecule has 2 N–H and O–H groups in total. The average Bonchev–Trinajstić information content (AvgIpc) is 3.27. The summed E-state index contributed by atoms with van der Waals surface area (Å²) in [6.07, 6.45) is 12.2. The van der Waals surface area contributed by atoms with E-state index in [1.165, 1.54) is 11.1 Å². The van der Waals surface area contributed by atoms with Crippen molar-refractivity contribution < 1.29 is 0 Å². The van der Waals surface area contributed by atoms with Crippen LogP contribution in [-0.4, -0.2) is 28.1 Å². The van der Waals surface area contributed by atoms with Crippen molar-refractivity contribution in [3.05, 3.63) is 66.3 Å². The molecule has 25 heavy (non-hydrogen) atoms. The van der Waals surface area contributed by atoms with Crippen LogP contribution in [0.15, 0.2) is 60.1 Å². The van der Waals surface area contributed by atoms with E-state index in [2.05, 4.69) is 63.5 Å². The molecule has 1 aliphatic carbocycles. The number of aromatic nitrogens is 2. The Morgan fingerprint density at radius 1 is 1.28 bits per heavy atom. The predicted molar refractivity (Wildman–Crippen MR) is 113 cm³/mol. The second kappa shape index (κ2) is 10.2. The van der Waals surface area contributed by atoms with Gasteiger partial charge in [0, 0.05) is 31.5 Å². The van der Waals surface area contributed by atoms with Gasteiger partial charge in [0.05, 0.1) is 12.9 Å². The summed E-state index contributed by atoms with van der Waals surface area (Å²) < 4.78 is 2.07. The lowest BCUT2D eigenvalue weighted by Crippen LogP contribution is -2.42. The van der Waals surface area contributed by atoms with Crippen LogP contribution in [0.2, 0.25) is 0 Å². The lowest BCUT2D eigenvalue weighted by atomic mass is 10.1. The Morgan fingerprint density at radius 3 is 2.80 bits per heavy atom. The number of nitrogens with zero attached hydrogens (tertiary/aromatic N) is 3. The summed E-state index contributed by atoms with van der Waals surface area (Å²) in [5, 5.41) is 6.83. The molecule has 0 bridgehead atoms. The third-order valence-electron chi connectivity index (χ3n) is 4.03. The Morgan fingerprint density at radius 2 is 2.08 bits per heavy atom. The van der Waals surface area contributed by atoms with Crippen LogP contribution in [0.5, 0.6) is 0 Å². The third-order valence-corrected chi connectivity index (χ3v) is 4.03. The molecule has 0 radical (unpaired) electrons. The van der Waals surface area contributed by atoms with Gasteiger partial charge in [0.15, 0.2) is 5.96 Å². The number of imidazole rings is 1. The quantitative estimate of drug-likeness (QED) is 0.307. The maximum Gasteiger partial charge on any atom is 0.191 e. The Hall–Kier alpha value is -1.83. The first-order valence-corrected chi connectivity index (χ1v) is 8.57. The van der Waals surface area contributed by atoms with Crippen molar-refractivity contribution >= 4 is 29.9 Å². The van der Waals surface area contributed by atoms with Gasteiger partial charge in [-0.05, 0) is 30.9 Å². The minimum Gasteiger partial charge on any atom is -0.357 e. The number of nitrogens with one attached hydrogen (secondary N) is 2. The number of hydrogen-bond donors (Lipinski definition) is 2. The van der Waals surface area contributed by atoms with Crippen molar-refractivity contribution in [3.63, 3.8) is 0 Å². The second-order valence-corrected chi connectivity index (χ2v) is 6.03. The molecule has 1 aromatic carbocycles. The van der Waals surface area contributed by atoms with Gasteiger partial charge in [-0.2, -0.15) is 0 Å². The first kappa shape index (κ1) is 19.5. The summed E-state index contributed by atoms with van der Waals surface area (Å²) >= 11 is 0.